The van der Waals surface area contributed by atoms with Gasteiger partial charge in [0.25, 0.3) is 11.8 Å². The number of hydrogen-bond acceptors (Lipinski definition) is 6. The van der Waals surface area contributed by atoms with Crippen LogP contribution in [0.5, 0.6) is 5.75 Å². The monoisotopic (exact) mass is 398 g/mol. The molecule has 0 spiro atoms. The van der Waals surface area contributed by atoms with Crippen molar-refractivity contribution in [2.24, 2.45) is 0 Å². The van der Waals surface area contributed by atoms with Gasteiger partial charge in [-0.1, -0.05) is 18.2 Å². The third-order valence-electron chi connectivity index (χ3n) is 4.70. The third kappa shape index (κ3) is 6.00. The number of nitrogens with zero attached hydrogens (tertiary/aromatic N) is 2. The summed E-state index contributed by atoms with van der Waals surface area (Å²) < 4.78 is 10.6. The summed E-state index contributed by atoms with van der Waals surface area (Å²) in [4.78, 5) is 31.2. The van der Waals surface area contributed by atoms with Gasteiger partial charge in [-0.2, -0.15) is 0 Å². The van der Waals surface area contributed by atoms with Crippen LogP contribution in [0.2, 0.25) is 0 Å². The molecule has 8 heteroatoms. The highest BCUT2D eigenvalue weighted by Crippen LogP contribution is 2.16. The van der Waals surface area contributed by atoms with E-state index in [1.54, 1.807) is 13.2 Å². The Morgan fingerprint density at radius 2 is 1.93 bits per heavy atom. The average molecular weight is 398 g/mol. The highest BCUT2D eigenvalue weighted by molar-refractivity contribution is 5.98. The number of carbonyl (C=O) groups is 2. The second-order valence-corrected chi connectivity index (χ2v) is 6.63. The number of aromatic nitrogens is 1. The van der Waals surface area contributed by atoms with Crippen molar-refractivity contribution in [1.29, 1.82) is 0 Å². The number of morpholine rings is 1. The molecule has 0 bridgehead atoms. The lowest BCUT2D eigenvalue weighted by molar-refractivity contribution is 0.0383. The van der Waals surface area contributed by atoms with Crippen LogP contribution in [-0.2, 0) is 11.3 Å². The zero-order chi connectivity index (χ0) is 20.5. The molecule has 2 heterocycles. The molecule has 29 heavy (non-hydrogen) atoms. The zero-order valence-electron chi connectivity index (χ0n) is 16.5. The SMILES string of the molecule is COc1ccccc1CNC(=O)c1ccnc(C(=O)NCCN2CCOCC2)c1. The number of pyridine rings is 1. The van der Waals surface area contributed by atoms with Crippen LogP contribution in [0.25, 0.3) is 0 Å². The normalized spacial score (nSPS) is 14.2. The van der Waals surface area contributed by atoms with Crippen molar-refractivity contribution >= 4 is 11.8 Å². The minimum absolute atomic E-state index is 0.219. The van der Waals surface area contributed by atoms with Crippen molar-refractivity contribution in [3.05, 3.63) is 59.4 Å². The van der Waals surface area contributed by atoms with Gasteiger partial charge in [-0.05, 0) is 18.2 Å². The number of rotatable bonds is 8. The van der Waals surface area contributed by atoms with Crippen molar-refractivity contribution in [2.45, 2.75) is 6.54 Å². The third-order valence-corrected chi connectivity index (χ3v) is 4.70. The first-order valence-electron chi connectivity index (χ1n) is 9.62. The molecule has 2 amide bonds. The summed E-state index contributed by atoms with van der Waals surface area (Å²) in [6, 6.07) is 10.6. The highest BCUT2D eigenvalue weighted by Gasteiger charge is 2.14. The Morgan fingerprint density at radius 1 is 1.14 bits per heavy atom. The van der Waals surface area contributed by atoms with Gasteiger partial charge in [-0.3, -0.25) is 19.5 Å². The summed E-state index contributed by atoms with van der Waals surface area (Å²) in [7, 11) is 1.59. The summed E-state index contributed by atoms with van der Waals surface area (Å²) in [6.07, 6.45) is 1.47. The van der Waals surface area contributed by atoms with E-state index in [-0.39, 0.29) is 17.5 Å². The highest BCUT2D eigenvalue weighted by atomic mass is 16.5. The molecule has 0 saturated carbocycles. The van der Waals surface area contributed by atoms with E-state index in [0.717, 1.165) is 38.4 Å². The van der Waals surface area contributed by atoms with Crippen LogP contribution in [-0.4, -0.2) is 68.2 Å². The van der Waals surface area contributed by atoms with E-state index in [0.29, 0.717) is 24.4 Å². The Bertz CT molecular complexity index is 837. The van der Waals surface area contributed by atoms with Gasteiger partial charge in [0.2, 0.25) is 0 Å². The maximum absolute atomic E-state index is 12.5. The Hall–Kier alpha value is -2.97. The molecular formula is C21H26N4O4. The summed E-state index contributed by atoms with van der Waals surface area (Å²) in [6.45, 7) is 4.79. The van der Waals surface area contributed by atoms with Gasteiger partial charge in [0.05, 0.1) is 20.3 Å². The maximum Gasteiger partial charge on any atom is 0.269 e. The van der Waals surface area contributed by atoms with E-state index >= 15 is 0 Å². The van der Waals surface area contributed by atoms with Crippen LogP contribution >= 0.6 is 0 Å². The van der Waals surface area contributed by atoms with Crippen molar-refractivity contribution in [3.63, 3.8) is 0 Å². The molecule has 2 N–H and O–H groups in total. The number of benzene rings is 1. The van der Waals surface area contributed by atoms with Crippen LogP contribution in [0.1, 0.15) is 26.4 Å². The topological polar surface area (TPSA) is 92.8 Å². The zero-order valence-corrected chi connectivity index (χ0v) is 16.5. The molecule has 1 saturated heterocycles. The predicted molar refractivity (Wildman–Crippen MR) is 108 cm³/mol. The summed E-state index contributed by atoms with van der Waals surface area (Å²) >= 11 is 0. The summed E-state index contributed by atoms with van der Waals surface area (Å²) in [5.41, 5.74) is 1.48. The average Bonchev–Trinajstić information content (AvgIpc) is 2.78. The second-order valence-electron chi connectivity index (χ2n) is 6.63. The van der Waals surface area contributed by atoms with Gasteiger partial charge < -0.3 is 20.1 Å². The van der Waals surface area contributed by atoms with E-state index in [2.05, 4.69) is 20.5 Å². The van der Waals surface area contributed by atoms with Crippen molar-refractivity contribution < 1.29 is 19.1 Å². The number of para-hydroxylation sites is 1. The van der Waals surface area contributed by atoms with Gasteiger partial charge in [0.1, 0.15) is 11.4 Å². The lowest BCUT2D eigenvalue weighted by atomic mass is 10.1. The van der Waals surface area contributed by atoms with Gasteiger partial charge in [0.15, 0.2) is 0 Å². The maximum atomic E-state index is 12.5. The molecule has 1 aromatic carbocycles. The molecular weight excluding hydrogens is 372 g/mol. The number of nitrogens with one attached hydrogen (secondary N) is 2. The lowest BCUT2D eigenvalue weighted by Gasteiger charge is -2.26. The Morgan fingerprint density at radius 3 is 2.72 bits per heavy atom. The molecule has 8 nitrogen and oxygen atoms in total. The number of amides is 2. The van der Waals surface area contributed by atoms with Crippen LogP contribution in [0, 0.1) is 0 Å². The van der Waals surface area contributed by atoms with Crippen LogP contribution < -0.4 is 15.4 Å². The van der Waals surface area contributed by atoms with Crippen molar-refractivity contribution in [1.82, 2.24) is 20.5 Å². The summed E-state index contributed by atoms with van der Waals surface area (Å²) in [5.74, 6) is 0.140. The van der Waals surface area contributed by atoms with Gasteiger partial charge >= 0.3 is 0 Å². The van der Waals surface area contributed by atoms with E-state index in [4.69, 9.17) is 9.47 Å². The standard InChI is InChI=1S/C21H26N4O4/c1-28-19-5-3-2-4-17(19)15-24-20(26)16-6-7-22-18(14-16)21(27)23-8-9-25-10-12-29-13-11-25/h2-7,14H,8-13,15H2,1H3,(H,23,27)(H,24,26). The van der Waals surface area contributed by atoms with Crippen LogP contribution in [0.3, 0.4) is 0 Å². The Balaban J connectivity index is 1.52. The molecule has 1 aliphatic heterocycles. The van der Waals surface area contributed by atoms with Gasteiger partial charge in [0, 0.05) is 50.0 Å². The Kier molecular flexibility index (Phi) is 7.54. The van der Waals surface area contributed by atoms with E-state index < -0.39 is 0 Å². The van der Waals surface area contributed by atoms with Crippen molar-refractivity contribution in [2.75, 3.05) is 46.5 Å². The largest absolute Gasteiger partial charge is 0.496 e. The first-order chi connectivity index (χ1) is 14.2. The molecule has 0 atom stereocenters. The molecule has 1 aromatic heterocycles. The predicted octanol–water partition coefficient (Wildman–Crippen LogP) is 1.08. The lowest BCUT2D eigenvalue weighted by Crippen LogP contribution is -2.41. The molecule has 0 aliphatic carbocycles. The van der Waals surface area contributed by atoms with Crippen LogP contribution in [0.4, 0.5) is 0 Å². The van der Waals surface area contributed by atoms with Gasteiger partial charge in [-0.25, -0.2) is 0 Å². The van der Waals surface area contributed by atoms with Crippen LogP contribution in [0.15, 0.2) is 42.6 Å². The number of carbonyl (C=O) groups excluding carboxylic acids is 2. The fourth-order valence-corrected chi connectivity index (χ4v) is 3.07. The Labute approximate surface area is 170 Å². The first-order valence-corrected chi connectivity index (χ1v) is 9.62. The minimum Gasteiger partial charge on any atom is -0.496 e. The molecule has 2 aromatic rings. The molecule has 1 fully saturated rings. The quantitative estimate of drug-likeness (QED) is 0.691. The molecule has 1 aliphatic rings. The second kappa shape index (κ2) is 10.5. The minimum atomic E-state index is -0.294. The number of ether oxygens (including phenoxy) is 2. The molecule has 0 radical (unpaired) electrons. The fraction of sp³-hybridized carbons (Fsp3) is 0.381. The summed E-state index contributed by atoms with van der Waals surface area (Å²) in [5, 5.41) is 5.70. The van der Waals surface area contributed by atoms with E-state index in [1.165, 1.54) is 12.3 Å². The van der Waals surface area contributed by atoms with Crippen molar-refractivity contribution in [3.8, 4) is 5.75 Å². The van der Waals surface area contributed by atoms with E-state index in [9.17, 15) is 9.59 Å². The first kappa shape index (κ1) is 20.8. The smallest absolute Gasteiger partial charge is 0.269 e. The van der Waals surface area contributed by atoms with E-state index in [1.807, 2.05) is 24.3 Å². The van der Waals surface area contributed by atoms with Gasteiger partial charge in [-0.15, -0.1) is 0 Å². The fourth-order valence-electron chi connectivity index (χ4n) is 3.07. The molecule has 3 rings (SSSR count). The molecule has 154 valence electrons. The number of hydrogen-bond donors (Lipinski definition) is 2. The molecule has 0 unspecified atom stereocenters. The number of methoxy groups -OCH3 is 1.